The quantitative estimate of drug-likeness (QED) is 0.754. The van der Waals surface area contributed by atoms with Gasteiger partial charge in [-0.3, -0.25) is 0 Å². The van der Waals surface area contributed by atoms with Crippen molar-refractivity contribution < 1.29 is 9.84 Å². The van der Waals surface area contributed by atoms with Crippen LogP contribution in [0.15, 0.2) is 22.9 Å². The maximum absolute atomic E-state index is 9.90. The zero-order valence-electron chi connectivity index (χ0n) is 9.83. The van der Waals surface area contributed by atoms with E-state index in [1.807, 2.05) is 16.8 Å². The summed E-state index contributed by atoms with van der Waals surface area (Å²) < 4.78 is 4.98. The number of thiophene rings is 1. The molecule has 7 heteroatoms. The molecule has 0 aliphatic rings. The first-order valence-corrected chi connectivity index (χ1v) is 6.26. The van der Waals surface area contributed by atoms with Crippen molar-refractivity contribution in [2.45, 2.75) is 6.10 Å². The molecule has 0 aromatic carbocycles. The van der Waals surface area contributed by atoms with Crippen LogP contribution in [0.3, 0.4) is 0 Å². The van der Waals surface area contributed by atoms with E-state index in [0.29, 0.717) is 18.2 Å². The van der Waals surface area contributed by atoms with Gasteiger partial charge in [0.25, 0.3) is 0 Å². The Morgan fingerprint density at radius 2 is 2.39 bits per heavy atom. The number of hydrogen-bond donors (Lipinski definition) is 3. The minimum Gasteiger partial charge on any atom is -0.481 e. The summed E-state index contributed by atoms with van der Waals surface area (Å²) >= 11 is 1.54. The van der Waals surface area contributed by atoms with E-state index in [1.54, 1.807) is 17.4 Å². The van der Waals surface area contributed by atoms with Crippen LogP contribution in [0.5, 0.6) is 5.88 Å². The van der Waals surface area contributed by atoms with Gasteiger partial charge in [0.1, 0.15) is 5.82 Å². The van der Waals surface area contributed by atoms with E-state index in [2.05, 4.69) is 15.3 Å². The third-order valence-corrected chi connectivity index (χ3v) is 3.04. The number of ether oxygens (including phenoxy) is 1. The lowest BCUT2D eigenvalue weighted by molar-refractivity contribution is 0.192. The highest BCUT2D eigenvalue weighted by atomic mass is 32.1. The summed E-state index contributed by atoms with van der Waals surface area (Å²) in [4.78, 5) is 7.88. The number of aromatic nitrogens is 2. The minimum atomic E-state index is -0.585. The average Bonchev–Trinajstić information content (AvgIpc) is 2.89. The summed E-state index contributed by atoms with van der Waals surface area (Å²) in [6, 6.07) is 3.50. The number of aliphatic hydroxyl groups excluding tert-OH is 1. The third kappa shape index (κ3) is 3.08. The largest absolute Gasteiger partial charge is 0.481 e. The summed E-state index contributed by atoms with van der Waals surface area (Å²) in [6.07, 6.45) is -0.585. The highest BCUT2D eigenvalue weighted by Crippen LogP contribution is 2.18. The maximum atomic E-state index is 9.90. The first-order valence-electron chi connectivity index (χ1n) is 5.31. The first-order chi connectivity index (χ1) is 8.69. The van der Waals surface area contributed by atoms with Crippen LogP contribution in [0.4, 0.5) is 11.8 Å². The number of nitrogen functional groups attached to an aromatic ring is 1. The molecule has 2 aromatic heterocycles. The molecule has 18 heavy (non-hydrogen) atoms. The molecule has 0 aliphatic carbocycles. The van der Waals surface area contributed by atoms with Gasteiger partial charge in [-0.2, -0.15) is 21.3 Å². The molecule has 0 aliphatic heterocycles. The highest BCUT2D eigenvalue weighted by molar-refractivity contribution is 7.07. The van der Waals surface area contributed by atoms with Crippen LogP contribution in [0.25, 0.3) is 0 Å². The topological polar surface area (TPSA) is 93.3 Å². The van der Waals surface area contributed by atoms with E-state index >= 15 is 0 Å². The maximum Gasteiger partial charge on any atom is 0.225 e. The summed E-state index contributed by atoms with van der Waals surface area (Å²) in [5.41, 5.74) is 6.41. The zero-order valence-corrected chi connectivity index (χ0v) is 10.6. The molecule has 0 radical (unpaired) electrons. The number of methoxy groups -OCH3 is 1. The number of nitrogens with one attached hydrogen (secondary N) is 1. The van der Waals surface area contributed by atoms with E-state index in [0.717, 1.165) is 5.56 Å². The highest BCUT2D eigenvalue weighted by Gasteiger charge is 2.09. The van der Waals surface area contributed by atoms with Gasteiger partial charge in [-0.1, -0.05) is 0 Å². The fourth-order valence-electron chi connectivity index (χ4n) is 1.42. The van der Waals surface area contributed by atoms with E-state index in [-0.39, 0.29) is 5.95 Å². The van der Waals surface area contributed by atoms with Crippen molar-refractivity contribution in [1.82, 2.24) is 9.97 Å². The minimum absolute atomic E-state index is 0.127. The molecule has 96 valence electrons. The van der Waals surface area contributed by atoms with Crippen LogP contribution < -0.4 is 15.8 Å². The van der Waals surface area contributed by atoms with Crippen LogP contribution >= 0.6 is 11.3 Å². The fraction of sp³-hybridized carbons (Fsp3) is 0.273. The van der Waals surface area contributed by atoms with E-state index in [4.69, 9.17) is 10.5 Å². The summed E-state index contributed by atoms with van der Waals surface area (Å²) in [7, 11) is 1.51. The monoisotopic (exact) mass is 266 g/mol. The molecule has 4 N–H and O–H groups in total. The number of anilines is 2. The molecule has 6 nitrogen and oxygen atoms in total. The molecule has 2 aromatic rings. The lowest BCUT2D eigenvalue weighted by Crippen LogP contribution is -2.13. The standard InChI is InChI=1S/C11H14N4O2S/c1-17-10-4-9(14-11(12)15-10)13-5-8(16)7-2-3-18-6-7/h2-4,6,8,16H,5H2,1H3,(H3,12,13,14,15). The number of rotatable bonds is 5. The number of nitrogens with two attached hydrogens (primary N) is 1. The Kier molecular flexibility index (Phi) is 3.96. The smallest absolute Gasteiger partial charge is 0.225 e. The summed E-state index contributed by atoms with van der Waals surface area (Å²) in [6.45, 7) is 0.344. The van der Waals surface area contributed by atoms with Gasteiger partial charge in [0.2, 0.25) is 11.8 Å². The Balaban J connectivity index is 1.99. The molecular formula is C11H14N4O2S. The molecule has 1 atom stereocenters. The van der Waals surface area contributed by atoms with Crippen molar-refractivity contribution in [3.05, 3.63) is 28.5 Å². The van der Waals surface area contributed by atoms with Crippen LogP contribution in [-0.2, 0) is 0 Å². The summed E-state index contributed by atoms with van der Waals surface area (Å²) in [5, 5.41) is 16.7. The van der Waals surface area contributed by atoms with Crippen molar-refractivity contribution >= 4 is 23.1 Å². The first kappa shape index (κ1) is 12.6. The van der Waals surface area contributed by atoms with Gasteiger partial charge in [-0.05, 0) is 22.4 Å². The van der Waals surface area contributed by atoms with Crippen LogP contribution in [0.1, 0.15) is 11.7 Å². The zero-order chi connectivity index (χ0) is 13.0. The van der Waals surface area contributed by atoms with Crippen molar-refractivity contribution in [3.63, 3.8) is 0 Å². The van der Waals surface area contributed by atoms with E-state index in [9.17, 15) is 5.11 Å². The Morgan fingerprint density at radius 1 is 1.56 bits per heavy atom. The molecule has 0 saturated heterocycles. The lowest BCUT2D eigenvalue weighted by Gasteiger charge is -2.11. The summed E-state index contributed by atoms with van der Waals surface area (Å²) in [5.74, 6) is 1.03. The molecule has 0 spiro atoms. The molecule has 0 fully saturated rings. The van der Waals surface area contributed by atoms with Gasteiger partial charge < -0.3 is 20.9 Å². The van der Waals surface area contributed by atoms with Crippen LogP contribution in [0.2, 0.25) is 0 Å². The SMILES string of the molecule is COc1cc(NCC(O)c2ccsc2)nc(N)n1. The van der Waals surface area contributed by atoms with Gasteiger partial charge in [-0.25, -0.2) is 0 Å². The average molecular weight is 266 g/mol. The van der Waals surface area contributed by atoms with E-state index in [1.165, 1.54) is 7.11 Å². The molecule has 0 amide bonds. The Morgan fingerprint density at radius 3 is 3.06 bits per heavy atom. The second-order valence-electron chi connectivity index (χ2n) is 3.61. The molecule has 0 saturated carbocycles. The van der Waals surface area contributed by atoms with Gasteiger partial charge in [0.15, 0.2) is 0 Å². The van der Waals surface area contributed by atoms with E-state index < -0.39 is 6.10 Å². The fourth-order valence-corrected chi connectivity index (χ4v) is 2.13. The molecular weight excluding hydrogens is 252 g/mol. The van der Waals surface area contributed by atoms with Crippen LogP contribution in [0, 0.1) is 0 Å². The van der Waals surface area contributed by atoms with Gasteiger partial charge >= 0.3 is 0 Å². The van der Waals surface area contributed by atoms with Crippen LogP contribution in [-0.4, -0.2) is 28.7 Å². The molecule has 2 rings (SSSR count). The second-order valence-corrected chi connectivity index (χ2v) is 4.39. The Hall–Kier alpha value is -1.86. The van der Waals surface area contributed by atoms with Gasteiger partial charge in [0, 0.05) is 12.6 Å². The van der Waals surface area contributed by atoms with Crippen molar-refractivity contribution in [2.24, 2.45) is 0 Å². The lowest BCUT2D eigenvalue weighted by atomic mass is 10.2. The van der Waals surface area contributed by atoms with Gasteiger partial charge in [0.05, 0.1) is 13.2 Å². The van der Waals surface area contributed by atoms with Gasteiger partial charge in [-0.15, -0.1) is 0 Å². The molecule has 2 heterocycles. The molecule has 1 unspecified atom stereocenters. The predicted molar refractivity (Wildman–Crippen MR) is 70.8 cm³/mol. The Bertz CT molecular complexity index is 504. The molecule has 0 bridgehead atoms. The van der Waals surface area contributed by atoms with Crippen molar-refractivity contribution in [2.75, 3.05) is 24.7 Å². The number of nitrogens with zero attached hydrogens (tertiary/aromatic N) is 2. The normalized spacial score (nSPS) is 12.1. The van der Waals surface area contributed by atoms with Crippen molar-refractivity contribution in [3.8, 4) is 5.88 Å². The third-order valence-electron chi connectivity index (χ3n) is 2.33. The second kappa shape index (κ2) is 5.65. The predicted octanol–water partition coefficient (Wildman–Crippen LogP) is 1.27. The van der Waals surface area contributed by atoms with Crippen molar-refractivity contribution in [1.29, 1.82) is 0 Å². The number of hydrogen-bond acceptors (Lipinski definition) is 7. The number of aliphatic hydroxyl groups is 1. The Labute approximate surface area is 108 Å².